The first-order chi connectivity index (χ1) is 9.93. The largest absolute Gasteiger partial charge is 0.391 e. The van der Waals surface area contributed by atoms with Gasteiger partial charge in [0, 0.05) is 18.3 Å². The minimum Gasteiger partial charge on any atom is -0.391 e. The van der Waals surface area contributed by atoms with Crippen molar-refractivity contribution < 1.29 is 9.90 Å². The smallest absolute Gasteiger partial charge is 0.239 e. The number of amides is 1. The zero-order valence-corrected chi connectivity index (χ0v) is 13.5. The maximum absolute atomic E-state index is 12.2. The Kier molecular flexibility index (Phi) is 7.23. The molecular formula is C17H28N2O2. The summed E-state index contributed by atoms with van der Waals surface area (Å²) in [7, 11) is 0. The summed E-state index contributed by atoms with van der Waals surface area (Å²) in [5.41, 5.74) is 0.956. The van der Waals surface area contributed by atoms with Crippen LogP contribution in [0.3, 0.4) is 0 Å². The summed E-state index contributed by atoms with van der Waals surface area (Å²) >= 11 is 0. The molecule has 1 amide bonds. The Morgan fingerprint density at radius 2 is 1.86 bits per heavy atom. The molecule has 2 unspecified atom stereocenters. The molecule has 0 saturated heterocycles. The number of nitrogens with one attached hydrogen (secondary N) is 1. The van der Waals surface area contributed by atoms with Crippen molar-refractivity contribution in [1.29, 1.82) is 0 Å². The van der Waals surface area contributed by atoms with Crippen LogP contribution in [0.15, 0.2) is 30.3 Å². The third-order valence-electron chi connectivity index (χ3n) is 3.75. The van der Waals surface area contributed by atoms with Gasteiger partial charge in [-0.15, -0.1) is 0 Å². The zero-order chi connectivity index (χ0) is 15.8. The first-order valence-corrected chi connectivity index (χ1v) is 7.71. The summed E-state index contributed by atoms with van der Waals surface area (Å²) in [6.45, 7) is 8.84. The van der Waals surface area contributed by atoms with E-state index in [1.54, 1.807) is 0 Å². The number of nitrogens with zero attached hydrogens (tertiary/aromatic N) is 1. The minimum atomic E-state index is -0.430. The molecule has 0 fully saturated rings. The Balaban J connectivity index is 2.71. The van der Waals surface area contributed by atoms with Gasteiger partial charge in [0.25, 0.3) is 0 Å². The van der Waals surface area contributed by atoms with Gasteiger partial charge in [-0.25, -0.2) is 0 Å². The number of para-hydroxylation sites is 1. The summed E-state index contributed by atoms with van der Waals surface area (Å²) in [5.74, 6) is 0.392. The normalized spacial score (nSPS) is 13.8. The van der Waals surface area contributed by atoms with Gasteiger partial charge >= 0.3 is 0 Å². The fourth-order valence-electron chi connectivity index (χ4n) is 1.92. The van der Waals surface area contributed by atoms with Crippen molar-refractivity contribution in [3.63, 3.8) is 0 Å². The molecule has 0 saturated carbocycles. The molecule has 0 bridgehead atoms. The molecule has 0 aliphatic rings. The van der Waals surface area contributed by atoms with E-state index in [0.29, 0.717) is 18.9 Å². The zero-order valence-electron chi connectivity index (χ0n) is 13.5. The molecule has 4 heteroatoms. The van der Waals surface area contributed by atoms with Crippen molar-refractivity contribution >= 4 is 11.6 Å². The van der Waals surface area contributed by atoms with Crippen LogP contribution < -0.4 is 10.2 Å². The summed E-state index contributed by atoms with van der Waals surface area (Å²) in [6, 6.07) is 9.89. The van der Waals surface area contributed by atoms with Crippen molar-refractivity contribution in [1.82, 2.24) is 5.32 Å². The summed E-state index contributed by atoms with van der Waals surface area (Å²) in [5, 5.41) is 12.9. The van der Waals surface area contributed by atoms with Gasteiger partial charge < -0.3 is 15.3 Å². The van der Waals surface area contributed by atoms with E-state index in [2.05, 4.69) is 19.2 Å². The second kappa shape index (κ2) is 8.67. The fraction of sp³-hybridized carbons (Fsp3) is 0.588. The van der Waals surface area contributed by atoms with Crippen molar-refractivity contribution in [3.05, 3.63) is 30.3 Å². The van der Waals surface area contributed by atoms with Crippen LogP contribution in [0.4, 0.5) is 5.69 Å². The quantitative estimate of drug-likeness (QED) is 0.773. The molecule has 0 aliphatic heterocycles. The van der Waals surface area contributed by atoms with Gasteiger partial charge in [0.15, 0.2) is 0 Å². The molecule has 0 aliphatic carbocycles. The van der Waals surface area contributed by atoms with E-state index in [9.17, 15) is 9.90 Å². The standard InChI is InChI=1S/C17H28N2O2/c1-5-16(20)11-19(15-9-7-6-8-10-15)12-17(21)18-14(4)13(2)3/h6-10,13-14,16,20H,5,11-12H2,1-4H3,(H,18,21). The van der Waals surface area contributed by atoms with Gasteiger partial charge in [0.2, 0.25) is 5.91 Å². The van der Waals surface area contributed by atoms with Gasteiger partial charge in [-0.2, -0.15) is 0 Å². The van der Waals surface area contributed by atoms with E-state index in [-0.39, 0.29) is 18.5 Å². The molecule has 1 rings (SSSR count). The maximum atomic E-state index is 12.2. The van der Waals surface area contributed by atoms with Crippen LogP contribution in [0.25, 0.3) is 0 Å². The Morgan fingerprint density at radius 1 is 1.24 bits per heavy atom. The first-order valence-electron chi connectivity index (χ1n) is 7.71. The second-order valence-electron chi connectivity index (χ2n) is 5.88. The number of hydrogen-bond donors (Lipinski definition) is 2. The fourth-order valence-corrected chi connectivity index (χ4v) is 1.92. The molecule has 0 radical (unpaired) electrons. The Morgan fingerprint density at radius 3 is 2.38 bits per heavy atom. The van der Waals surface area contributed by atoms with Crippen LogP contribution in [0.1, 0.15) is 34.1 Å². The lowest BCUT2D eigenvalue weighted by molar-refractivity contribution is -0.120. The number of hydrogen-bond acceptors (Lipinski definition) is 3. The molecule has 2 N–H and O–H groups in total. The van der Waals surface area contributed by atoms with Crippen LogP contribution in [0.5, 0.6) is 0 Å². The summed E-state index contributed by atoms with van der Waals surface area (Å²) in [6.07, 6.45) is 0.244. The lowest BCUT2D eigenvalue weighted by Crippen LogP contribution is -2.44. The van der Waals surface area contributed by atoms with Gasteiger partial charge in [0.05, 0.1) is 12.6 Å². The number of rotatable bonds is 8. The number of carbonyl (C=O) groups excluding carboxylic acids is 1. The van der Waals surface area contributed by atoms with Crippen LogP contribution in [0.2, 0.25) is 0 Å². The summed E-state index contributed by atoms with van der Waals surface area (Å²) in [4.78, 5) is 14.1. The van der Waals surface area contributed by atoms with Crippen molar-refractivity contribution in [2.24, 2.45) is 5.92 Å². The molecule has 0 spiro atoms. The first kappa shape index (κ1) is 17.5. The molecule has 1 aromatic rings. The minimum absolute atomic E-state index is 0.0108. The average molecular weight is 292 g/mol. The Hall–Kier alpha value is -1.55. The number of anilines is 1. The van der Waals surface area contributed by atoms with E-state index in [1.807, 2.05) is 49.1 Å². The molecule has 21 heavy (non-hydrogen) atoms. The van der Waals surface area contributed by atoms with Gasteiger partial charge in [0.1, 0.15) is 0 Å². The van der Waals surface area contributed by atoms with Crippen molar-refractivity contribution in [2.75, 3.05) is 18.0 Å². The second-order valence-corrected chi connectivity index (χ2v) is 5.88. The number of benzene rings is 1. The molecule has 118 valence electrons. The monoisotopic (exact) mass is 292 g/mol. The molecular weight excluding hydrogens is 264 g/mol. The van der Waals surface area contributed by atoms with Crippen LogP contribution in [-0.4, -0.2) is 36.2 Å². The van der Waals surface area contributed by atoms with E-state index in [1.165, 1.54) is 0 Å². The predicted molar refractivity (Wildman–Crippen MR) is 87.4 cm³/mol. The topological polar surface area (TPSA) is 52.6 Å². The molecule has 0 heterocycles. The Labute approximate surface area is 128 Å². The number of aliphatic hydroxyl groups is 1. The van der Waals surface area contributed by atoms with E-state index in [4.69, 9.17) is 0 Å². The highest BCUT2D eigenvalue weighted by Crippen LogP contribution is 2.14. The highest BCUT2D eigenvalue weighted by Gasteiger charge is 2.17. The van der Waals surface area contributed by atoms with E-state index < -0.39 is 6.10 Å². The van der Waals surface area contributed by atoms with Gasteiger partial charge in [-0.1, -0.05) is 39.0 Å². The number of carbonyl (C=O) groups is 1. The highest BCUT2D eigenvalue weighted by molar-refractivity contribution is 5.81. The third-order valence-corrected chi connectivity index (χ3v) is 3.75. The third kappa shape index (κ3) is 6.17. The average Bonchev–Trinajstić information content (AvgIpc) is 2.47. The Bertz CT molecular complexity index is 420. The highest BCUT2D eigenvalue weighted by atomic mass is 16.3. The van der Waals surface area contributed by atoms with Crippen LogP contribution >= 0.6 is 0 Å². The van der Waals surface area contributed by atoms with Crippen LogP contribution in [-0.2, 0) is 4.79 Å². The van der Waals surface area contributed by atoms with E-state index in [0.717, 1.165) is 5.69 Å². The number of aliphatic hydroxyl groups excluding tert-OH is 1. The van der Waals surface area contributed by atoms with Crippen molar-refractivity contribution in [3.8, 4) is 0 Å². The van der Waals surface area contributed by atoms with Gasteiger partial charge in [-0.05, 0) is 31.4 Å². The molecule has 0 aromatic heterocycles. The molecule has 1 aromatic carbocycles. The predicted octanol–water partition coefficient (Wildman–Crippen LogP) is 2.42. The summed E-state index contributed by atoms with van der Waals surface area (Å²) < 4.78 is 0. The van der Waals surface area contributed by atoms with Crippen LogP contribution in [0, 0.1) is 5.92 Å². The van der Waals surface area contributed by atoms with Gasteiger partial charge in [-0.3, -0.25) is 4.79 Å². The maximum Gasteiger partial charge on any atom is 0.239 e. The molecule has 4 nitrogen and oxygen atoms in total. The molecule has 2 atom stereocenters. The van der Waals surface area contributed by atoms with Crippen molar-refractivity contribution in [2.45, 2.75) is 46.3 Å². The SMILES string of the molecule is CCC(O)CN(CC(=O)NC(C)C(C)C)c1ccccc1. The van der Waals surface area contributed by atoms with E-state index >= 15 is 0 Å². The lowest BCUT2D eigenvalue weighted by atomic mass is 10.1. The lowest BCUT2D eigenvalue weighted by Gasteiger charge is -2.27.